The van der Waals surface area contributed by atoms with Crippen molar-refractivity contribution in [3.63, 3.8) is 0 Å². The van der Waals surface area contributed by atoms with Gasteiger partial charge in [-0.1, -0.05) is 30.3 Å². The fourth-order valence-electron chi connectivity index (χ4n) is 2.44. The van der Waals surface area contributed by atoms with Crippen molar-refractivity contribution in [2.24, 2.45) is 0 Å². The maximum atomic E-state index is 12.2. The lowest BCUT2D eigenvalue weighted by molar-refractivity contribution is 0.102. The summed E-state index contributed by atoms with van der Waals surface area (Å²) in [7, 11) is 0. The Morgan fingerprint density at radius 1 is 0.885 bits per heavy atom. The minimum atomic E-state index is -0.109. The Labute approximate surface area is 165 Å². The molecule has 4 rings (SSSR count). The molecule has 4 aromatic rings. The van der Waals surface area contributed by atoms with Gasteiger partial charge in [-0.3, -0.25) is 4.79 Å². The molecule has 2 heterocycles. The summed E-state index contributed by atoms with van der Waals surface area (Å²) in [6.45, 7) is 0. The number of rotatable bonds is 4. The molecule has 0 aliphatic carbocycles. The standard InChI is InChI=1S/C20H14N2OS2.ClH/c23-19(15-4-2-1-3-5-15)21-17-8-6-14(7-9-17)18-13-25-20(22-18)16-10-11-24-12-16;/h1-13H,(H,21,23);1H. The third-order valence-corrected chi connectivity index (χ3v) is 5.32. The van der Waals surface area contributed by atoms with Crippen LogP contribution in [0.25, 0.3) is 21.8 Å². The minimum Gasteiger partial charge on any atom is -0.322 e. The Morgan fingerprint density at radius 3 is 2.35 bits per heavy atom. The molecule has 6 heteroatoms. The Bertz CT molecular complexity index is 980. The second kappa shape index (κ2) is 8.27. The van der Waals surface area contributed by atoms with Crippen LogP contribution in [0.2, 0.25) is 0 Å². The van der Waals surface area contributed by atoms with Gasteiger partial charge in [0, 0.05) is 33.1 Å². The van der Waals surface area contributed by atoms with E-state index in [9.17, 15) is 4.79 Å². The highest BCUT2D eigenvalue weighted by Gasteiger charge is 2.08. The number of benzene rings is 2. The molecule has 0 bridgehead atoms. The van der Waals surface area contributed by atoms with Gasteiger partial charge in [0.05, 0.1) is 5.69 Å². The number of anilines is 1. The number of carbonyl (C=O) groups excluding carboxylic acids is 1. The van der Waals surface area contributed by atoms with Crippen molar-refractivity contribution in [3.05, 3.63) is 82.4 Å². The van der Waals surface area contributed by atoms with E-state index in [1.807, 2.05) is 42.5 Å². The van der Waals surface area contributed by atoms with Gasteiger partial charge in [0.25, 0.3) is 5.91 Å². The lowest BCUT2D eigenvalue weighted by atomic mass is 10.1. The van der Waals surface area contributed by atoms with Gasteiger partial charge < -0.3 is 5.32 Å². The van der Waals surface area contributed by atoms with Crippen molar-refractivity contribution >= 4 is 46.7 Å². The number of hydrogen-bond donors (Lipinski definition) is 1. The molecular formula is C20H15ClN2OS2. The van der Waals surface area contributed by atoms with Crippen LogP contribution in [0, 0.1) is 0 Å². The topological polar surface area (TPSA) is 42.0 Å². The van der Waals surface area contributed by atoms with E-state index < -0.39 is 0 Å². The van der Waals surface area contributed by atoms with Crippen LogP contribution in [-0.4, -0.2) is 10.9 Å². The van der Waals surface area contributed by atoms with E-state index in [-0.39, 0.29) is 18.3 Å². The van der Waals surface area contributed by atoms with Crippen molar-refractivity contribution in [2.45, 2.75) is 0 Å². The fourth-order valence-corrected chi connectivity index (χ4v) is 3.98. The number of thiophene rings is 1. The first kappa shape index (κ1) is 18.3. The predicted molar refractivity (Wildman–Crippen MR) is 113 cm³/mol. The molecule has 0 aliphatic heterocycles. The van der Waals surface area contributed by atoms with Crippen molar-refractivity contribution < 1.29 is 4.79 Å². The zero-order valence-corrected chi connectivity index (χ0v) is 16.0. The Hall–Kier alpha value is -2.47. The number of nitrogens with zero attached hydrogens (tertiary/aromatic N) is 1. The third-order valence-electron chi connectivity index (χ3n) is 3.75. The molecule has 2 aromatic heterocycles. The minimum absolute atomic E-state index is 0. The van der Waals surface area contributed by atoms with Crippen LogP contribution >= 0.6 is 35.1 Å². The summed E-state index contributed by atoms with van der Waals surface area (Å²) in [6.07, 6.45) is 0. The number of amides is 1. The number of thiazole rings is 1. The Kier molecular flexibility index (Phi) is 5.83. The molecule has 3 nitrogen and oxygen atoms in total. The van der Waals surface area contributed by atoms with Gasteiger partial charge in [0.1, 0.15) is 5.01 Å². The normalized spacial score (nSPS) is 10.2. The first-order valence-corrected chi connectivity index (χ1v) is 9.57. The fraction of sp³-hybridized carbons (Fsp3) is 0. The quantitative estimate of drug-likeness (QED) is 0.443. The van der Waals surface area contributed by atoms with Gasteiger partial charge in [-0.25, -0.2) is 4.98 Å². The summed E-state index contributed by atoms with van der Waals surface area (Å²) < 4.78 is 0. The predicted octanol–water partition coefficient (Wildman–Crippen LogP) is 6.21. The van der Waals surface area contributed by atoms with Gasteiger partial charge >= 0.3 is 0 Å². The molecule has 26 heavy (non-hydrogen) atoms. The summed E-state index contributed by atoms with van der Waals surface area (Å²) in [6, 6.07) is 19.0. The molecule has 0 atom stereocenters. The highest BCUT2D eigenvalue weighted by atomic mass is 35.5. The number of aromatic nitrogens is 1. The molecule has 0 radical (unpaired) electrons. The van der Waals surface area contributed by atoms with E-state index in [1.165, 1.54) is 0 Å². The molecule has 0 spiro atoms. The Balaban J connectivity index is 0.00000196. The highest BCUT2D eigenvalue weighted by molar-refractivity contribution is 7.14. The molecule has 130 valence electrons. The van der Waals surface area contributed by atoms with Crippen LogP contribution < -0.4 is 5.32 Å². The maximum absolute atomic E-state index is 12.2. The van der Waals surface area contributed by atoms with Crippen LogP contribution in [0.5, 0.6) is 0 Å². The summed E-state index contributed by atoms with van der Waals surface area (Å²) in [4.78, 5) is 16.9. The van der Waals surface area contributed by atoms with E-state index in [4.69, 9.17) is 4.98 Å². The van der Waals surface area contributed by atoms with E-state index in [1.54, 1.807) is 34.8 Å². The van der Waals surface area contributed by atoms with Crippen LogP contribution in [0.15, 0.2) is 76.8 Å². The van der Waals surface area contributed by atoms with E-state index in [2.05, 4.69) is 27.5 Å². The lowest BCUT2D eigenvalue weighted by Gasteiger charge is -2.06. The largest absolute Gasteiger partial charge is 0.322 e. The first-order chi connectivity index (χ1) is 12.3. The van der Waals surface area contributed by atoms with Gasteiger partial charge in [-0.2, -0.15) is 11.3 Å². The number of nitrogens with one attached hydrogen (secondary N) is 1. The number of halogens is 1. The van der Waals surface area contributed by atoms with Gasteiger partial charge in [-0.15, -0.1) is 23.7 Å². The van der Waals surface area contributed by atoms with Crippen LogP contribution in [0.4, 0.5) is 5.69 Å². The molecule has 2 aromatic carbocycles. The average molecular weight is 399 g/mol. The molecule has 0 saturated carbocycles. The van der Waals surface area contributed by atoms with Gasteiger partial charge in [0.2, 0.25) is 0 Å². The van der Waals surface area contributed by atoms with Crippen LogP contribution in [0.3, 0.4) is 0 Å². The average Bonchev–Trinajstić information content (AvgIpc) is 3.35. The second-order valence-corrected chi connectivity index (χ2v) is 7.09. The van der Waals surface area contributed by atoms with E-state index in [0.29, 0.717) is 5.56 Å². The van der Waals surface area contributed by atoms with Crippen molar-refractivity contribution in [1.82, 2.24) is 4.98 Å². The molecule has 1 N–H and O–H groups in total. The van der Waals surface area contributed by atoms with Crippen molar-refractivity contribution in [3.8, 4) is 21.8 Å². The zero-order chi connectivity index (χ0) is 17.1. The summed E-state index contributed by atoms with van der Waals surface area (Å²) in [5, 5.41) is 10.2. The van der Waals surface area contributed by atoms with Crippen LogP contribution in [0.1, 0.15) is 10.4 Å². The third kappa shape index (κ3) is 4.02. The van der Waals surface area contributed by atoms with Crippen LogP contribution in [-0.2, 0) is 0 Å². The second-order valence-electron chi connectivity index (χ2n) is 5.45. The lowest BCUT2D eigenvalue weighted by Crippen LogP contribution is -2.11. The van der Waals surface area contributed by atoms with Gasteiger partial charge in [0.15, 0.2) is 0 Å². The van der Waals surface area contributed by atoms with Gasteiger partial charge in [-0.05, 0) is 35.7 Å². The van der Waals surface area contributed by atoms with E-state index >= 15 is 0 Å². The van der Waals surface area contributed by atoms with E-state index in [0.717, 1.165) is 27.5 Å². The molecule has 0 saturated heterocycles. The monoisotopic (exact) mass is 398 g/mol. The maximum Gasteiger partial charge on any atom is 0.255 e. The number of carbonyl (C=O) groups is 1. The summed E-state index contributed by atoms with van der Waals surface area (Å²) in [5.74, 6) is -0.109. The smallest absolute Gasteiger partial charge is 0.255 e. The molecule has 1 amide bonds. The molecule has 0 aliphatic rings. The highest BCUT2D eigenvalue weighted by Crippen LogP contribution is 2.30. The van der Waals surface area contributed by atoms with Crippen molar-refractivity contribution in [1.29, 1.82) is 0 Å². The molecule has 0 fully saturated rings. The Morgan fingerprint density at radius 2 is 1.65 bits per heavy atom. The number of hydrogen-bond acceptors (Lipinski definition) is 4. The summed E-state index contributed by atoms with van der Waals surface area (Å²) >= 11 is 3.31. The van der Waals surface area contributed by atoms with Crippen molar-refractivity contribution in [2.75, 3.05) is 5.32 Å². The first-order valence-electron chi connectivity index (χ1n) is 7.74. The molecular weight excluding hydrogens is 384 g/mol. The SMILES string of the molecule is Cl.O=C(Nc1ccc(-c2csc(-c3ccsc3)n2)cc1)c1ccccc1. The summed E-state index contributed by atoms with van der Waals surface area (Å²) in [5.41, 5.74) is 4.56. The molecule has 0 unspecified atom stereocenters. The zero-order valence-electron chi connectivity index (χ0n) is 13.6.